The number of hydrogen-bond donors (Lipinski definition) is 2. The van der Waals surface area contributed by atoms with Crippen LogP contribution in [0.2, 0.25) is 0 Å². The quantitative estimate of drug-likeness (QED) is 0.876. The lowest BCUT2D eigenvalue weighted by atomic mass is 9.96. The monoisotopic (exact) mass is 303 g/mol. The first-order chi connectivity index (χ1) is 7.91. The molecule has 2 atom stereocenters. The van der Waals surface area contributed by atoms with Crippen molar-refractivity contribution in [2.45, 2.75) is 38.8 Å². The Hall–Kier alpha value is -0.450. The van der Waals surface area contributed by atoms with Crippen LogP contribution in [0.5, 0.6) is 0 Å². The SMILES string of the molecule is CC(C)CC[C@H](O)[C@H](N)c1ccc(Br)cc1F. The first kappa shape index (κ1) is 14.6. The summed E-state index contributed by atoms with van der Waals surface area (Å²) in [4.78, 5) is 0. The third-order valence-corrected chi connectivity index (χ3v) is 3.27. The summed E-state index contributed by atoms with van der Waals surface area (Å²) in [5, 5.41) is 9.91. The van der Waals surface area contributed by atoms with Gasteiger partial charge in [0.2, 0.25) is 0 Å². The van der Waals surface area contributed by atoms with E-state index in [1.165, 1.54) is 6.07 Å². The number of nitrogens with two attached hydrogens (primary N) is 1. The minimum atomic E-state index is -0.701. The Bertz CT molecular complexity index is 370. The molecule has 96 valence electrons. The molecular formula is C13H19BrFNO. The number of hydrogen-bond acceptors (Lipinski definition) is 2. The van der Waals surface area contributed by atoms with Crippen LogP contribution >= 0.6 is 15.9 Å². The van der Waals surface area contributed by atoms with Gasteiger partial charge in [-0.05, 0) is 30.9 Å². The van der Waals surface area contributed by atoms with E-state index in [0.29, 0.717) is 22.4 Å². The molecule has 1 rings (SSSR count). The minimum absolute atomic E-state index is 0.365. The molecule has 0 unspecified atom stereocenters. The van der Waals surface area contributed by atoms with E-state index in [1.807, 2.05) is 0 Å². The number of rotatable bonds is 5. The van der Waals surface area contributed by atoms with Crippen molar-refractivity contribution in [2.24, 2.45) is 11.7 Å². The average molecular weight is 304 g/mol. The fraction of sp³-hybridized carbons (Fsp3) is 0.538. The van der Waals surface area contributed by atoms with Crippen LogP contribution in [0.1, 0.15) is 38.3 Å². The molecule has 0 saturated carbocycles. The Labute approximate surface area is 110 Å². The maximum absolute atomic E-state index is 13.6. The molecule has 0 saturated heterocycles. The van der Waals surface area contributed by atoms with Crippen LogP contribution in [0.3, 0.4) is 0 Å². The molecule has 0 heterocycles. The van der Waals surface area contributed by atoms with Gasteiger partial charge in [0.05, 0.1) is 12.1 Å². The second kappa shape index (κ2) is 6.47. The minimum Gasteiger partial charge on any atom is -0.391 e. The summed E-state index contributed by atoms with van der Waals surface area (Å²) < 4.78 is 14.3. The molecule has 2 nitrogen and oxygen atoms in total. The summed E-state index contributed by atoms with van der Waals surface area (Å²) in [6.07, 6.45) is 0.773. The molecule has 0 amide bonds. The van der Waals surface area contributed by atoms with E-state index in [2.05, 4.69) is 29.8 Å². The molecule has 17 heavy (non-hydrogen) atoms. The lowest BCUT2D eigenvalue weighted by molar-refractivity contribution is 0.127. The summed E-state index contributed by atoms with van der Waals surface area (Å²) in [5.41, 5.74) is 6.24. The van der Waals surface area contributed by atoms with Crippen molar-refractivity contribution in [3.8, 4) is 0 Å². The van der Waals surface area contributed by atoms with Gasteiger partial charge in [-0.15, -0.1) is 0 Å². The van der Waals surface area contributed by atoms with Crippen LogP contribution in [-0.2, 0) is 0 Å². The van der Waals surface area contributed by atoms with Crippen molar-refractivity contribution < 1.29 is 9.50 Å². The molecule has 0 fully saturated rings. The first-order valence-electron chi connectivity index (χ1n) is 5.80. The molecule has 1 aromatic carbocycles. The van der Waals surface area contributed by atoms with Crippen molar-refractivity contribution in [3.63, 3.8) is 0 Å². The molecular weight excluding hydrogens is 285 g/mol. The van der Waals surface area contributed by atoms with E-state index in [1.54, 1.807) is 12.1 Å². The predicted molar refractivity (Wildman–Crippen MR) is 71.1 cm³/mol. The number of halogens is 2. The van der Waals surface area contributed by atoms with Gasteiger partial charge in [0.15, 0.2) is 0 Å². The Kier molecular flexibility index (Phi) is 5.56. The van der Waals surface area contributed by atoms with E-state index in [0.717, 1.165) is 6.42 Å². The number of aliphatic hydroxyl groups excluding tert-OH is 1. The Balaban J connectivity index is 2.71. The molecule has 1 aromatic rings. The highest BCUT2D eigenvalue weighted by molar-refractivity contribution is 9.10. The lowest BCUT2D eigenvalue weighted by Gasteiger charge is -2.20. The maximum atomic E-state index is 13.6. The van der Waals surface area contributed by atoms with Gasteiger partial charge in [-0.25, -0.2) is 4.39 Å². The normalized spacial score (nSPS) is 15.0. The van der Waals surface area contributed by atoms with E-state index in [4.69, 9.17) is 5.73 Å². The second-order valence-electron chi connectivity index (χ2n) is 4.73. The van der Waals surface area contributed by atoms with Crippen molar-refractivity contribution in [1.29, 1.82) is 0 Å². The molecule has 4 heteroatoms. The van der Waals surface area contributed by atoms with Crippen molar-refractivity contribution in [2.75, 3.05) is 0 Å². The van der Waals surface area contributed by atoms with E-state index >= 15 is 0 Å². The summed E-state index contributed by atoms with van der Waals surface area (Å²) in [6.45, 7) is 4.16. The third-order valence-electron chi connectivity index (χ3n) is 2.78. The Morgan fingerprint density at radius 1 is 1.35 bits per heavy atom. The van der Waals surface area contributed by atoms with Gasteiger partial charge in [0.1, 0.15) is 5.82 Å². The molecule has 0 bridgehead atoms. The van der Waals surface area contributed by atoms with E-state index in [-0.39, 0.29) is 5.82 Å². The van der Waals surface area contributed by atoms with Gasteiger partial charge in [-0.2, -0.15) is 0 Å². The van der Waals surface area contributed by atoms with Crippen LogP contribution in [0.25, 0.3) is 0 Å². The molecule has 0 radical (unpaired) electrons. The fourth-order valence-electron chi connectivity index (χ4n) is 1.66. The largest absolute Gasteiger partial charge is 0.391 e. The molecule has 3 N–H and O–H groups in total. The zero-order chi connectivity index (χ0) is 13.0. The highest BCUT2D eigenvalue weighted by Crippen LogP contribution is 2.24. The van der Waals surface area contributed by atoms with Crippen molar-refractivity contribution >= 4 is 15.9 Å². The predicted octanol–water partition coefficient (Wildman–Crippen LogP) is 3.39. The molecule has 0 aliphatic rings. The van der Waals surface area contributed by atoms with E-state index < -0.39 is 12.1 Å². The summed E-state index contributed by atoms with van der Waals surface area (Å²) in [5.74, 6) is 0.127. The van der Waals surface area contributed by atoms with Crippen LogP contribution in [0, 0.1) is 11.7 Å². The van der Waals surface area contributed by atoms with Gasteiger partial charge in [-0.3, -0.25) is 0 Å². The van der Waals surface area contributed by atoms with Gasteiger partial charge < -0.3 is 10.8 Å². The van der Waals surface area contributed by atoms with Crippen LogP contribution < -0.4 is 5.73 Å². The maximum Gasteiger partial charge on any atom is 0.129 e. The Morgan fingerprint density at radius 3 is 2.53 bits per heavy atom. The van der Waals surface area contributed by atoms with Crippen LogP contribution in [0.15, 0.2) is 22.7 Å². The second-order valence-corrected chi connectivity index (χ2v) is 5.65. The van der Waals surface area contributed by atoms with Gasteiger partial charge in [0.25, 0.3) is 0 Å². The zero-order valence-corrected chi connectivity index (χ0v) is 11.7. The highest BCUT2D eigenvalue weighted by atomic mass is 79.9. The van der Waals surface area contributed by atoms with Crippen LogP contribution in [-0.4, -0.2) is 11.2 Å². The number of benzene rings is 1. The molecule has 0 aliphatic heterocycles. The smallest absolute Gasteiger partial charge is 0.129 e. The Morgan fingerprint density at radius 2 is 2.00 bits per heavy atom. The standard InChI is InChI=1S/C13H19BrFNO/c1-8(2)3-6-12(17)13(16)10-5-4-9(14)7-11(10)15/h4-5,7-8,12-13,17H,3,6,16H2,1-2H3/t12-,13+/m0/s1. The molecule has 0 spiro atoms. The summed E-state index contributed by atoms with van der Waals surface area (Å²) >= 11 is 3.19. The van der Waals surface area contributed by atoms with Crippen molar-refractivity contribution in [1.82, 2.24) is 0 Å². The molecule has 0 aromatic heterocycles. The number of aliphatic hydroxyl groups is 1. The van der Waals surface area contributed by atoms with E-state index in [9.17, 15) is 9.50 Å². The lowest BCUT2D eigenvalue weighted by Crippen LogP contribution is -2.27. The van der Waals surface area contributed by atoms with Crippen molar-refractivity contribution in [3.05, 3.63) is 34.1 Å². The average Bonchev–Trinajstić information content (AvgIpc) is 2.25. The molecule has 0 aliphatic carbocycles. The van der Waals surface area contributed by atoms with Gasteiger partial charge >= 0.3 is 0 Å². The van der Waals surface area contributed by atoms with Gasteiger partial charge in [0, 0.05) is 10.0 Å². The third kappa shape index (κ3) is 4.37. The topological polar surface area (TPSA) is 46.2 Å². The summed E-state index contributed by atoms with van der Waals surface area (Å²) in [7, 11) is 0. The zero-order valence-electron chi connectivity index (χ0n) is 10.2. The fourth-order valence-corrected chi connectivity index (χ4v) is 2.00. The van der Waals surface area contributed by atoms with Crippen LogP contribution in [0.4, 0.5) is 4.39 Å². The van der Waals surface area contributed by atoms with Gasteiger partial charge in [-0.1, -0.05) is 35.8 Å². The first-order valence-corrected chi connectivity index (χ1v) is 6.59. The summed E-state index contributed by atoms with van der Waals surface area (Å²) in [6, 6.07) is 4.04. The highest BCUT2D eigenvalue weighted by Gasteiger charge is 2.20.